The molecule has 26 heavy (non-hydrogen) atoms. The van der Waals surface area contributed by atoms with Crippen molar-refractivity contribution in [2.45, 2.75) is 47.5 Å². The van der Waals surface area contributed by atoms with Crippen LogP contribution in [0.25, 0.3) is 0 Å². The summed E-state index contributed by atoms with van der Waals surface area (Å²) in [6, 6.07) is 7.88. The van der Waals surface area contributed by atoms with Crippen molar-refractivity contribution in [2.75, 3.05) is 36.4 Å². The third kappa shape index (κ3) is 6.36. The van der Waals surface area contributed by atoms with Crippen LogP contribution in [-0.2, 0) is 9.59 Å². The molecular weight excluding hydrogens is 326 g/mol. The lowest BCUT2D eigenvalue weighted by Crippen LogP contribution is -2.49. The fourth-order valence-corrected chi connectivity index (χ4v) is 3.72. The molecule has 0 radical (unpaired) electrons. The predicted octanol–water partition coefficient (Wildman–Crippen LogP) is 3.76. The first-order chi connectivity index (χ1) is 12.1. The average Bonchev–Trinajstić information content (AvgIpc) is 2.53. The smallest absolute Gasteiger partial charge is 0.222 e. The van der Waals surface area contributed by atoms with E-state index in [0.29, 0.717) is 12.3 Å². The summed E-state index contributed by atoms with van der Waals surface area (Å²) < 4.78 is 0. The van der Waals surface area contributed by atoms with Gasteiger partial charge < -0.3 is 15.1 Å². The van der Waals surface area contributed by atoms with E-state index in [1.807, 2.05) is 29.2 Å². The molecule has 0 saturated carbocycles. The molecule has 1 fully saturated rings. The zero-order valence-electron chi connectivity index (χ0n) is 16.8. The van der Waals surface area contributed by atoms with Crippen molar-refractivity contribution in [1.29, 1.82) is 0 Å². The van der Waals surface area contributed by atoms with Crippen LogP contribution < -0.4 is 10.2 Å². The standard InChI is InChI=1S/C21H33N3O2/c1-16(15-21(3,4)5)14-20(26)24-12-10-23(11-13-24)19-8-6-18(7-9-19)22-17(2)25/h6-9,16H,10-15H2,1-5H3,(H,22,25)/t16-/m1/s1. The van der Waals surface area contributed by atoms with Crippen LogP contribution in [0.5, 0.6) is 0 Å². The van der Waals surface area contributed by atoms with Gasteiger partial charge in [0.25, 0.3) is 0 Å². The van der Waals surface area contributed by atoms with Crippen LogP contribution in [0.4, 0.5) is 11.4 Å². The minimum atomic E-state index is -0.0643. The number of benzene rings is 1. The average molecular weight is 360 g/mol. The minimum absolute atomic E-state index is 0.0643. The van der Waals surface area contributed by atoms with Crippen LogP contribution in [0.2, 0.25) is 0 Å². The SMILES string of the molecule is CC(=O)Nc1ccc(N2CCN(C(=O)C[C@@H](C)CC(C)(C)C)CC2)cc1. The quantitative estimate of drug-likeness (QED) is 0.871. The zero-order chi connectivity index (χ0) is 19.3. The summed E-state index contributed by atoms with van der Waals surface area (Å²) >= 11 is 0. The van der Waals surface area contributed by atoms with Gasteiger partial charge in [-0.05, 0) is 42.0 Å². The molecule has 1 aromatic carbocycles. The summed E-state index contributed by atoms with van der Waals surface area (Å²) in [5.41, 5.74) is 2.21. The number of piperazine rings is 1. The summed E-state index contributed by atoms with van der Waals surface area (Å²) in [4.78, 5) is 27.9. The molecule has 144 valence electrons. The summed E-state index contributed by atoms with van der Waals surface area (Å²) in [5.74, 6) is 0.634. The lowest BCUT2D eigenvalue weighted by molar-refractivity contribution is -0.132. The second-order valence-electron chi connectivity index (χ2n) is 8.67. The molecule has 0 spiro atoms. The third-order valence-electron chi connectivity index (χ3n) is 4.67. The normalized spacial score (nSPS) is 16.3. The Morgan fingerprint density at radius 3 is 2.15 bits per heavy atom. The highest BCUT2D eigenvalue weighted by Gasteiger charge is 2.24. The van der Waals surface area contributed by atoms with Gasteiger partial charge in [0, 0.05) is 50.9 Å². The van der Waals surface area contributed by atoms with E-state index >= 15 is 0 Å². The van der Waals surface area contributed by atoms with Gasteiger partial charge in [0.1, 0.15) is 0 Å². The number of hydrogen-bond acceptors (Lipinski definition) is 3. The topological polar surface area (TPSA) is 52.7 Å². The third-order valence-corrected chi connectivity index (χ3v) is 4.67. The Morgan fingerprint density at radius 1 is 1.08 bits per heavy atom. The molecule has 0 aliphatic carbocycles. The van der Waals surface area contributed by atoms with Gasteiger partial charge in [0.2, 0.25) is 11.8 Å². The number of hydrogen-bond donors (Lipinski definition) is 1. The highest BCUT2D eigenvalue weighted by atomic mass is 16.2. The monoisotopic (exact) mass is 359 g/mol. The van der Waals surface area contributed by atoms with E-state index in [-0.39, 0.29) is 17.2 Å². The van der Waals surface area contributed by atoms with Crippen LogP contribution in [-0.4, -0.2) is 42.9 Å². The lowest BCUT2D eigenvalue weighted by Gasteiger charge is -2.37. The molecule has 5 heteroatoms. The van der Waals surface area contributed by atoms with Crippen LogP contribution in [0, 0.1) is 11.3 Å². The molecule has 1 heterocycles. The highest BCUT2D eigenvalue weighted by molar-refractivity contribution is 5.88. The fraction of sp³-hybridized carbons (Fsp3) is 0.619. The molecule has 2 rings (SSSR count). The molecule has 2 amide bonds. The van der Waals surface area contributed by atoms with Gasteiger partial charge in [-0.25, -0.2) is 0 Å². The van der Waals surface area contributed by atoms with Crippen LogP contribution in [0.1, 0.15) is 47.5 Å². The predicted molar refractivity (Wildman–Crippen MR) is 107 cm³/mol. The molecule has 1 aromatic rings. The van der Waals surface area contributed by atoms with Crippen LogP contribution in [0.3, 0.4) is 0 Å². The maximum absolute atomic E-state index is 12.6. The first-order valence-corrected chi connectivity index (χ1v) is 9.54. The van der Waals surface area contributed by atoms with Crippen molar-refractivity contribution in [3.63, 3.8) is 0 Å². The number of nitrogens with zero attached hydrogens (tertiary/aromatic N) is 2. The number of anilines is 2. The number of carbonyl (C=O) groups excluding carboxylic acids is 2. The summed E-state index contributed by atoms with van der Waals surface area (Å²) in [7, 11) is 0. The molecule has 0 bridgehead atoms. The van der Waals surface area contributed by atoms with Gasteiger partial charge in [-0.2, -0.15) is 0 Å². The minimum Gasteiger partial charge on any atom is -0.368 e. The highest BCUT2D eigenvalue weighted by Crippen LogP contribution is 2.26. The zero-order valence-corrected chi connectivity index (χ0v) is 16.8. The number of amides is 2. The van der Waals surface area contributed by atoms with E-state index in [0.717, 1.165) is 44.0 Å². The van der Waals surface area contributed by atoms with Crippen molar-refractivity contribution in [2.24, 2.45) is 11.3 Å². The van der Waals surface area contributed by atoms with E-state index in [1.165, 1.54) is 6.92 Å². The maximum atomic E-state index is 12.6. The van der Waals surface area contributed by atoms with Gasteiger partial charge >= 0.3 is 0 Å². The molecule has 5 nitrogen and oxygen atoms in total. The first kappa shape index (κ1) is 20.3. The van der Waals surface area contributed by atoms with Crippen molar-refractivity contribution in [3.05, 3.63) is 24.3 Å². The fourth-order valence-electron chi connectivity index (χ4n) is 3.72. The Kier molecular flexibility index (Phi) is 6.68. The maximum Gasteiger partial charge on any atom is 0.222 e. The molecule has 1 aliphatic rings. The Bertz CT molecular complexity index is 611. The largest absolute Gasteiger partial charge is 0.368 e. The van der Waals surface area contributed by atoms with Gasteiger partial charge in [0.15, 0.2) is 0 Å². The molecule has 1 saturated heterocycles. The van der Waals surface area contributed by atoms with E-state index < -0.39 is 0 Å². The number of rotatable bonds is 5. The molecule has 1 N–H and O–H groups in total. The van der Waals surface area contributed by atoms with Crippen molar-refractivity contribution >= 4 is 23.2 Å². The second kappa shape index (κ2) is 8.56. The van der Waals surface area contributed by atoms with Crippen molar-refractivity contribution < 1.29 is 9.59 Å². The Morgan fingerprint density at radius 2 is 1.65 bits per heavy atom. The van der Waals surface area contributed by atoms with Crippen LogP contribution >= 0.6 is 0 Å². The van der Waals surface area contributed by atoms with E-state index in [2.05, 4.69) is 37.9 Å². The number of carbonyl (C=O) groups is 2. The molecule has 1 aliphatic heterocycles. The van der Waals surface area contributed by atoms with Gasteiger partial charge in [-0.15, -0.1) is 0 Å². The summed E-state index contributed by atoms with van der Waals surface area (Å²) in [6.07, 6.45) is 1.71. The Hall–Kier alpha value is -2.04. The lowest BCUT2D eigenvalue weighted by atomic mass is 9.84. The Balaban J connectivity index is 1.82. The van der Waals surface area contributed by atoms with E-state index in [9.17, 15) is 9.59 Å². The molecule has 0 aromatic heterocycles. The second-order valence-corrected chi connectivity index (χ2v) is 8.67. The molecule has 1 atom stereocenters. The number of nitrogens with one attached hydrogen (secondary N) is 1. The first-order valence-electron chi connectivity index (χ1n) is 9.54. The molecular formula is C21H33N3O2. The van der Waals surface area contributed by atoms with E-state index in [4.69, 9.17) is 0 Å². The van der Waals surface area contributed by atoms with Crippen molar-refractivity contribution in [3.8, 4) is 0 Å². The Labute approximate surface area is 157 Å². The van der Waals surface area contributed by atoms with E-state index in [1.54, 1.807) is 0 Å². The van der Waals surface area contributed by atoms with Crippen LogP contribution in [0.15, 0.2) is 24.3 Å². The summed E-state index contributed by atoms with van der Waals surface area (Å²) in [6.45, 7) is 13.6. The van der Waals surface area contributed by atoms with Gasteiger partial charge in [-0.1, -0.05) is 27.7 Å². The molecule has 0 unspecified atom stereocenters. The van der Waals surface area contributed by atoms with Gasteiger partial charge in [-0.3, -0.25) is 9.59 Å². The summed E-state index contributed by atoms with van der Waals surface area (Å²) in [5, 5.41) is 2.78. The van der Waals surface area contributed by atoms with Gasteiger partial charge in [0.05, 0.1) is 0 Å². The van der Waals surface area contributed by atoms with Crippen molar-refractivity contribution in [1.82, 2.24) is 4.90 Å².